The Balaban J connectivity index is 2.20. The Morgan fingerprint density at radius 2 is 1.75 bits per heavy atom. The molecule has 2 N–H and O–H groups in total. The van der Waals surface area contributed by atoms with Crippen LogP contribution in [-0.4, -0.2) is 4.99 Å². The SMILES string of the molecule is NC(=S)C(c1ccccc1)C1CCCCC1. The monoisotopic (exact) mass is 233 g/mol. The molecule has 1 unspecified atom stereocenters. The summed E-state index contributed by atoms with van der Waals surface area (Å²) in [5, 5.41) is 0. The molecule has 0 aromatic heterocycles. The standard InChI is InChI=1S/C14H19NS/c15-14(16)13(11-7-3-1-4-8-11)12-9-5-2-6-10-12/h1,3-4,7-8,12-13H,2,5-6,9-10H2,(H2,15,16). The molecule has 86 valence electrons. The Kier molecular flexibility index (Phi) is 3.94. The molecule has 1 saturated carbocycles. The van der Waals surface area contributed by atoms with Crippen molar-refractivity contribution in [1.82, 2.24) is 0 Å². The van der Waals surface area contributed by atoms with Crippen molar-refractivity contribution in [1.29, 1.82) is 0 Å². The van der Waals surface area contributed by atoms with Gasteiger partial charge in [0.1, 0.15) is 0 Å². The Bertz CT molecular complexity index is 341. The summed E-state index contributed by atoms with van der Waals surface area (Å²) < 4.78 is 0. The molecular weight excluding hydrogens is 214 g/mol. The van der Waals surface area contributed by atoms with E-state index < -0.39 is 0 Å². The first-order valence-electron chi connectivity index (χ1n) is 6.13. The molecule has 1 aliphatic carbocycles. The van der Waals surface area contributed by atoms with Gasteiger partial charge >= 0.3 is 0 Å². The van der Waals surface area contributed by atoms with Crippen LogP contribution in [0.2, 0.25) is 0 Å². The summed E-state index contributed by atoms with van der Waals surface area (Å²) in [6.45, 7) is 0. The highest BCUT2D eigenvalue weighted by atomic mass is 32.1. The van der Waals surface area contributed by atoms with E-state index in [1.165, 1.54) is 37.7 Å². The molecule has 0 spiro atoms. The summed E-state index contributed by atoms with van der Waals surface area (Å²) in [7, 11) is 0. The summed E-state index contributed by atoms with van der Waals surface area (Å²) >= 11 is 5.26. The maximum absolute atomic E-state index is 5.93. The second-order valence-corrected chi connectivity index (χ2v) is 5.16. The maximum atomic E-state index is 5.93. The minimum Gasteiger partial charge on any atom is -0.393 e. The number of hydrogen-bond donors (Lipinski definition) is 1. The van der Waals surface area contributed by atoms with E-state index in [4.69, 9.17) is 18.0 Å². The molecule has 0 bridgehead atoms. The minimum atomic E-state index is 0.288. The van der Waals surface area contributed by atoms with Gasteiger partial charge in [0.05, 0.1) is 4.99 Å². The molecule has 1 aliphatic rings. The highest BCUT2D eigenvalue weighted by Crippen LogP contribution is 2.36. The molecule has 1 aromatic rings. The molecule has 1 fully saturated rings. The fourth-order valence-corrected chi connectivity index (χ4v) is 3.13. The average Bonchev–Trinajstić information content (AvgIpc) is 2.31. The fourth-order valence-electron chi connectivity index (χ4n) is 2.80. The van der Waals surface area contributed by atoms with Crippen molar-refractivity contribution in [3.63, 3.8) is 0 Å². The van der Waals surface area contributed by atoms with E-state index in [1.807, 2.05) is 6.07 Å². The molecule has 0 heterocycles. The van der Waals surface area contributed by atoms with E-state index in [9.17, 15) is 0 Å². The van der Waals surface area contributed by atoms with Crippen molar-refractivity contribution in [3.8, 4) is 0 Å². The molecule has 1 aromatic carbocycles. The fraction of sp³-hybridized carbons (Fsp3) is 0.500. The molecule has 0 radical (unpaired) electrons. The Morgan fingerprint density at radius 1 is 1.12 bits per heavy atom. The number of thiocarbonyl (C=S) groups is 1. The second kappa shape index (κ2) is 5.44. The third-order valence-electron chi connectivity index (χ3n) is 3.59. The molecule has 1 nitrogen and oxygen atoms in total. The lowest BCUT2D eigenvalue weighted by Gasteiger charge is -2.29. The van der Waals surface area contributed by atoms with Crippen molar-refractivity contribution in [2.75, 3.05) is 0 Å². The van der Waals surface area contributed by atoms with E-state index in [1.54, 1.807) is 0 Å². The first kappa shape index (κ1) is 11.6. The predicted octanol–water partition coefficient (Wildman–Crippen LogP) is 3.64. The van der Waals surface area contributed by atoms with E-state index in [2.05, 4.69) is 24.3 Å². The van der Waals surface area contributed by atoms with Crippen LogP contribution in [0, 0.1) is 5.92 Å². The van der Waals surface area contributed by atoms with Gasteiger partial charge in [-0.2, -0.15) is 0 Å². The zero-order chi connectivity index (χ0) is 11.4. The van der Waals surface area contributed by atoms with E-state index >= 15 is 0 Å². The molecule has 0 amide bonds. The molecule has 0 aliphatic heterocycles. The molecule has 2 heteroatoms. The molecule has 16 heavy (non-hydrogen) atoms. The van der Waals surface area contributed by atoms with Crippen molar-refractivity contribution < 1.29 is 0 Å². The van der Waals surface area contributed by atoms with Crippen LogP contribution >= 0.6 is 12.2 Å². The lowest BCUT2D eigenvalue weighted by molar-refractivity contribution is 0.342. The van der Waals surface area contributed by atoms with Gasteiger partial charge in [-0.05, 0) is 24.3 Å². The van der Waals surface area contributed by atoms with Gasteiger partial charge in [0, 0.05) is 5.92 Å². The first-order chi connectivity index (χ1) is 7.79. The summed E-state index contributed by atoms with van der Waals surface area (Å²) in [4.78, 5) is 0.665. The summed E-state index contributed by atoms with van der Waals surface area (Å²) in [5.74, 6) is 0.949. The summed E-state index contributed by atoms with van der Waals surface area (Å²) in [5.41, 5.74) is 7.22. The van der Waals surface area contributed by atoms with Crippen LogP contribution in [0.15, 0.2) is 30.3 Å². The van der Waals surface area contributed by atoms with Gasteiger partial charge < -0.3 is 5.73 Å². The highest BCUT2D eigenvalue weighted by molar-refractivity contribution is 7.80. The van der Waals surface area contributed by atoms with Crippen molar-refractivity contribution in [3.05, 3.63) is 35.9 Å². The van der Waals surface area contributed by atoms with Crippen LogP contribution < -0.4 is 5.73 Å². The zero-order valence-electron chi connectivity index (χ0n) is 9.56. The number of nitrogens with two attached hydrogens (primary N) is 1. The van der Waals surface area contributed by atoms with Gasteiger partial charge in [-0.1, -0.05) is 61.8 Å². The second-order valence-electron chi connectivity index (χ2n) is 4.69. The topological polar surface area (TPSA) is 26.0 Å². The van der Waals surface area contributed by atoms with Gasteiger partial charge in [-0.15, -0.1) is 0 Å². The molecular formula is C14H19NS. The van der Waals surface area contributed by atoms with Crippen molar-refractivity contribution in [2.24, 2.45) is 11.7 Å². The van der Waals surface area contributed by atoms with E-state index in [-0.39, 0.29) is 5.92 Å². The smallest absolute Gasteiger partial charge is 0.0806 e. The number of rotatable bonds is 3. The Morgan fingerprint density at radius 3 is 2.31 bits per heavy atom. The van der Waals surface area contributed by atoms with Crippen LogP contribution in [0.5, 0.6) is 0 Å². The van der Waals surface area contributed by atoms with E-state index in [0.717, 1.165) is 0 Å². The normalized spacial score (nSPS) is 19.2. The zero-order valence-corrected chi connectivity index (χ0v) is 10.4. The highest BCUT2D eigenvalue weighted by Gasteiger charge is 2.26. The van der Waals surface area contributed by atoms with Gasteiger partial charge in [0.2, 0.25) is 0 Å². The Hall–Kier alpha value is -0.890. The number of hydrogen-bond acceptors (Lipinski definition) is 1. The van der Waals surface area contributed by atoms with Gasteiger partial charge in [0.25, 0.3) is 0 Å². The van der Waals surface area contributed by atoms with Crippen LogP contribution in [0.3, 0.4) is 0 Å². The van der Waals surface area contributed by atoms with E-state index in [0.29, 0.717) is 10.9 Å². The van der Waals surface area contributed by atoms with Gasteiger partial charge in [0.15, 0.2) is 0 Å². The van der Waals surface area contributed by atoms with Crippen LogP contribution in [0.1, 0.15) is 43.6 Å². The summed E-state index contributed by atoms with van der Waals surface area (Å²) in [6.07, 6.45) is 6.58. The largest absolute Gasteiger partial charge is 0.393 e. The van der Waals surface area contributed by atoms with Crippen LogP contribution in [-0.2, 0) is 0 Å². The Labute approximate surface area is 103 Å². The third-order valence-corrected chi connectivity index (χ3v) is 3.84. The minimum absolute atomic E-state index is 0.288. The lowest BCUT2D eigenvalue weighted by Crippen LogP contribution is -2.27. The van der Waals surface area contributed by atoms with Gasteiger partial charge in [-0.25, -0.2) is 0 Å². The molecule has 1 atom stereocenters. The van der Waals surface area contributed by atoms with Gasteiger partial charge in [-0.3, -0.25) is 0 Å². The quantitative estimate of drug-likeness (QED) is 0.807. The third kappa shape index (κ3) is 2.62. The van der Waals surface area contributed by atoms with Crippen LogP contribution in [0.25, 0.3) is 0 Å². The van der Waals surface area contributed by atoms with Crippen molar-refractivity contribution in [2.45, 2.75) is 38.0 Å². The van der Waals surface area contributed by atoms with Crippen LogP contribution in [0.4, 0.5) is 0 Å². The summed E-state index contributed by atoms with van der Waals surface area (Å²) in [6, 6.07) is 10.5. The number of benzene rings is 1. The molecule has 0 saturated heterocycles. The first-order valence-corrected chi connectivity index (χ1v) is 6.54. The predicted molar refractivity (Wildman–Crippen MR) is 72.5 cm³/mol. The molecule has 2 rings (SSSR count). The average molecular weight is 233 g/mol. The lowest BCUT2D eigenvalue weighted by atomic mass is 9.77. The maximum Gasteiger partial charge on any atom is 0.0806 e. The van der Waals surface area contributed by atoms with Crippen molar-refractivity contribution >= 4 is 17.2 Å².